The lowest BCUT2D eigenvalue weighted by molar-refractivity contribution is 0.228. The fourth-order valence-electron chi connectivity index (χ4n) is 2.75. The molecule has 0 aliphatic heterocycles. The molecular weight excluding hydrogens is 236 g/mol. The number of benzene rings is 1. The van der Waals surface area contributed by atoms with Crippen molar-refractivity contribution in [1.82, 2.24) is 0 Å². The summed E-state index contributed by atoms with van der Waals surface area (Å²) >= 11 is 0. The summed E-state index contributed by atoms with van der Waals surface area (Å²) in [6.45, 7) is 9.11. The average Bonchev–Trinajstić information content (AvgIpc) is 2.42. The lowest BCUT2D eigenvalue weighted by Gasteiger charge is -2.30. The highest BCUT2D eigenvalue weighted by Gasteiger charge is 2.29. The van der Waals surface area contributed by atoms with Gasteiger partial charge in [0.2, 0.25) is 0 Å². The maximum Gasteiger partial charge on any atom is 0.0970 e. The SMILES string of the molecule is CC[Si](CC)(CC)/C(C)=C\C(O)c1ccccc1. The molecule has 1 aromatic rings. The van der Waals surface area contributed by atoms with Gasteiger partial charge in [0, 0.05) is 0 Å². The molecule has 0 aliphatic carbocycles. The lowest BCUT2D eigenvalue weighted by atomic mass is 10.1. The topological polar surface area (TPSA) is 20.2 Å². The number of hydrogen-bond acceptors (Lipinski definition) is 1. The Morgan fingerprint density at radius 1 is 1.11 bits per heavy atom. The molecule has 1 aromatic carbocycles. The largest absolute Gasteiger partial charge is 0.384 e. The first-order valence-electron chi connectivity index (χ1n) is 7.01. The smallest absolute Gasteiger partial charge is 0.0970 e. The minimum Gasteiger partial charge on any atom is -0.384 e. The van der Waals surface area contributed by atoms with Crippen molar-refractivity contribution in [2.75, 3.05) is 0 Å². The van der Waals surface area contributed by atoms with Crippen LogP contribution in [0.1, 0.15) is 39.4 Å². The molecule has 1 nitrogen and oxygen atoms in total. The molecule has 0 bridgehead atoms. The second-order valence-corrected chi connectivity index (χ2v) is 10.5. The van der Waals surface area contributed by atoms with Crippen LogP contribution < -0.4 is 0 Å². The van der Waals surface area contributed by atoms with Crippen molar-refractivity contribution >= 4 is 8.07 Å². The Morgan fingerprint density at radius 3 is 2.06 bits per heavy atom. The highest BCUT2D eigenvalue weighted by molar-refractivity contribution is 6.86. The monoisotopic (exact) mass is 262 g/mol. The van der Waals surface area contributed by atoms with Gasteiger partial charge in [0.15, 0.2) is 0 Å². The van der Waals surface area contributed by atoms with Gasteiger partial charge in [0.25, 0.3) is 0 Å². The molecule has 18 heavy (non-hydrogen) atoms. The van der Waals surface area contributed by atoms with Crippen molar-refractivity contribution in [3.63, 3.8) is 0 Å². The zero-order valence-corrected chi connectivity index (χ0v) is 13.1. The lowest BCUT2D eigenvalue weighted by Crippen LogP contribution is -2.33. The molecule has 0 heterocycles. The summed E-state index contributed by atoms with van der Waals surface area (Å²) in [5.74, 6) is 0. The molecule has 1 N–H and O–H groups in total. The van der Waals surface area contributed by atoms with Gasteiger partial charge in [-0.3, -0.25) is 0 Å². The number of aliphatic hydroxyl groups excluding tert-OH is 1. The number of allylic oxidation sites excluding steroid dienone is 1. The maximum atomic E-state index is 10.3. The van der Waals surface area contributed by atoms with Gasteiger partial charge in [0.1, 0.15) is 0 Å². The Kier molecular flexibility index (Phi) is 5.83. The second-order valence-electron chi connectivity index (χ2n) is 5.05. The maximum absolute atomic E-state index is 10.3. The minimum atomic E-state index is -1.32. The summed E-state index contributed by atoms with van der Waals surface area (Å²) < 4.78 is 0. The fraction of sp³-hybridized carbons (Fsp3) is 0.500. The van der Waals surface area contributed by atoms with Gasteiger partial charge in [-0.1, -0.05) is 80.5 Å². The predicted octanol–water partition coefficient (Wildman–Crippen LogP) is 4.71. The van der Waals surface area contributed by atoms with Gasteiger partial charge < -0.3 is 5.11 Å². The molecule has 0 fully saturated rings. The molecule has 0 aliphatic rings. The molecule has 1 unspecified atom stereocenters. The van der Waals surface area contributed by atoms with Crippen LogP contribution in [0.3, 0.4) is 0 Å². The van der Waals surface area contributed by atoms with E-state index in [4.69, 9.17) is 0 Å². The van der Waals surface area contributed by atoms with Crippen LogP contribution in [0.2, 0.25) is 18.1 Å². The third kappa shape index (κ3) is 3.33. The van der Waals surface area contributed by atoms with Gasteiger partial charge in [-0.2, -0.15) is 0 Å². The van der Waals surface area contributed by atoms with E-state index in [-0.39, 0.29) is 0 Å². The predicted molar refractivity (Wildman–Crippen MR) is 82.4 cm³/mol. The first-order chi connectivity index (χ1) is 8.59. The van der Waals surface area contributed by atoms with E-state index >= 15 is 0 Å². The normalized spacial score (nSPS) is 14.6. The Balaban J connectivity index is 2.95. The summed E-state index contributed by atoms with van der Waals surface area (Å²) in [4.78, 5) is 0. The van der Waals surface area contributed by atoms with Gasteiger partial charge in [-0.05, 0) is 12.5 Å². The second kappa shape index (κ2) is 6.91. The van der Waals surface area contributed by atoms with E-state index in [9.17, 15) is 5.11 Å². The number of rotatable bonds is 6. The summed E-state index contributed by atoms with van der Waals surface area (Å²) in [6, 6.07) is 13.7. The van der Waals surface area contributed by atoms with E-state index in [1.165, 1.54) is 23.3 Å². The van der Waals surface area contributed by atoms with Crippen LogP contribution in [0.4, 0.5) is 0 Å². The van der Waals surface area contributed by atoms with Crippen molar-refractivity contribution in [2.24, 2.45) is 0 Å². The van der Waals surface area contributed by atoms with Gasteiger partial charge in [-0.15, -0.1) is 0 Å². The van der Waals surface area contributed by atoms with Crippen molar-refractivity contribution in [1.29, 1.82) is 0 Å². The van der Waals surface area contributed by atoms with Crippen molar-refractivity contribution in [3.8, 4) is 0 Å². The highest BCUT2D eigenvalue weighted by atomic mass is 28.3. The Morgan fingerprint density at radius 2 is 1.61 bits per heavy atom. The molecule has 0 amide bonds. The minimum absolute atomic E-state index is 0.456. The zero-order valence-electron chi connectivity index (χ0n) is 12.1. The van der Waals surface area contributed by atoms with Crippen LogP contribution in [0.15, 0.2) is 41.6 Å². The van der Waals surface area contributed by atoms with E-state index in [1.54, 1.807) is 0 Å². The van der Waals surface area contributed by atoms with Crippen LogP contribution in [0, 0.1) is 0 Å². The Labute approximate surface area is 113 Å². The third-order valence-electron chi connectivity index (χ3n) is 4.42. The van der Waals surface area contributed by atoms with Crippen molar-refractivity contribution in [3.05, 3.63) is 47.2 Å². The van der Waals surface area contributed by atoms with E-state index in [0.29, 0.717) is 0 Å². The summed E-state index contributed by atoms with van der Waals surface area (Å²) in [5, 5.41) is 11.7. The zero-order chi connectivity index (χ0) is 13.6. The van der Waals surface area contributed by atoms with Crippen molar-refractivity contribution in [2.45, 2.75) is 51.9 Å². The molecule has 1 atom stereocenters. The van der Waals surface area contributed by atoms with Gasteiger partial charge in [-0.25, -0.2) is 0 Å². The first kappa shape index (κ1) is 15.2. The molecule has 2 heteroatoms. The van der Waals surface area contributed by atoms with E-state index in [0.717, 1.165) is 5.56 Å². The van der Waals surface area contributed by atoms with Crippen LogP contribution in [0.25, 0.3) is 0 Å². The third-order valence-corrected chi connectivity index (χ3v) is 10.3. The summed E-state index contributed by atoms with van der Waals surface area (Å²) in [7, 11) is -1.32. The highest BCUT2D eigenvalue weighted by Crippen LogP contribution is 2.30. The standard InChI is InChI=1S/C16H26OSi/c1-5-18(6-2,7-3)14(4)13-16(17)15-11-9-8-10-12-15/h8-13,16-17H,5-7H2,1-4H3/b14-13-. The molecule has 0 saturated heterocycles. The van der Waals surface area contributed by atoms with Crippen LogP contribution in [-0.4, -0.2) is 13.2 Å². The van der Waals surface area contributed by atoms with E-state index in [2.05, 4.69) is 33.8 Å². The van der Waals surface area contributed by atoms with Crippen molar-refractivity contribution < 1.29 is 5.11 Å². The fourth-order valence-corrected chi connectivity index (χ4v) is 6.43. The number of hydrogen-bond donors (Lipinski definition) is 1. The molecule has 1 rings (SSSR count). The molecular formula is C16H26OSi. The quantitative estimate of drug-likeness (QED) is 0.736. The number of aliphatic hydroxyl groups is 1. The van der Waals surface area contributed by atoms with E-state index in [1.807, 2.05) is 30.3 Å². The Bertz CT molecular complexity index is 371. The average molecular weight is 262 g/mol. The van der Waals surface area contributed by atoms with E-state index < -0.39 is 14.2 Å². The van der Waals surface area contributed by atoms with Gasteiger partial charge >= 0.3 is 0 Å². The molecule has 0 spiro atoms. The first-order valence-corrected chi connectivity index (χ1v) is 9.63. The van der Waals surface area contributed by atoms with Crippen LogP contribution in [0.5, 0.6) is 0 Å². The summed E-state index contributed by atoms with van der Waals surface area (Å²) in [5.41, 5.74) is 0.989. The summed E-state index contributed by atoms with van der Waals surface area (Å²) in [6.07, 6.45) is 1.63. The molecule has 0 radical (unpaired) electrons. The van der Waals surface area contributed by atoms with Crippen LogP contribution >= 0.6 is 0 Å². The Hall–Kier alpha value is -0.863. The molecule has 0 aromatic heterocycles. The molecule has 100 valence electrons. The van der Waals surface area contributed by atoms with Crippen LogP contribution in [-0.2, 0) is 0 Å². The van der Waals surface area contributed by atoms with Gasteiger partial charge in [0.05, 0.1) is 14.2 Å². The molecule has 0 saturated carbocycles.